The quantitative estimate of drug-likeness (QED) is 0.635. The molecule has 1 N–H and O–H groups in total. The average molecular weight is 418 g/mol. The van der Waals surface area contributed by atoms with Crippen molar-refractivity contribution < 1.29 is 13.9 Å². The van der Waals surface area contributed by atoms with Crippen LogP contribution in [0.25, 0.3) is 0 Å². The number of anilines is 1. The van der Waals surface area contributed by atoms with Gasteiger partial charge in [0.1, 0.15) is 18.2 Å². The zero-order valence-corrected chi connectivity index (χ0v) is 17.4. The molecule has 29 heavy (non-hydrogen) atoms. The zero-order valence-electron chi connectivity index (χ0n) is 16.6. The monoisotopic (exact) mass is 417 g/mol. The summed E-state index contributed by atoms with van der Waals surface area (Å²) in [5.74, 6) is 1.95. The molecule has 3 atom stereocenters. The smallest absolute Gasteiger partial charge is 0.123 e. The highest BCUT2D eigenvalue weighted by Gasteiger charge is 2.43. The van der Waals surface area contributed by atoms with E-state index < -0.39 is 0 Å². The summed E-state index contributed by atoms with van der Waals surface area (Å²) in [6.45, 7) is 1.28. The number of rotatable bonds is 4. The fourth-order valence-corrected chi connectivity index (χ4v) is 5.29. The topological polar surface area (TPSA) is 30.5 Å². The van der Waals surface area contributed by atoms with Gasteiger partial charge in [-0.15, -0.1) is 12.4 Å². The number of fused-ring (bicyclic) bond motifs is 3. The lowest BCUT2D eigenvalue weighted by Gasteiger charge is -2.42. The predicted octanol–water partition coefficient (Wildman–Crippen LogP) is 6.28. The minimum Gasteiger partial charge on any atom is -0.489 e. The average Bonchev–Trinajstić information content (AvgIpc) is 3.24. The highest BCUT2D eigenvalue weighted by Crippen LogP contribution is 2.49. The first-order chi connectivity index (χ1) is 13.8. The molecule has 156 valence electrons. The van der Waals surface area contributed by atoms with Gasteiger partial charge in [0.05, 0.1) is 6.10 Å². The first-order valence-corrected chi connectivity index (χ1v) is 10.7. The van der Waals surface area contributed by atoms with Crippen LogP contribution in [0.2, 0.25) is 0 Å². The molecule has 2 aromatic rings. The molecule has 2 fully saturated rings. The Labute approximate surface area is 178 Å². The maximum atomic E-state index is 13.1. The molecule has 1 saturated carbocycles. The van der Waals surface area contributed by atoms with Gasteiger partial charge in [0.2, 0.25) is 0 Å². The standard InChI is InChI=1S/C24H28FNO2.ClH/c25-18-8-6-16(7-9-18)15-28-19-10-11-22-21(14-19)24-20(12-13-27-24)23(26-22)17-4-2-1-3-5-17;/h6-11,14,17,20,23-24,26H,1-5,12-13,15H2;1H/t20-,23+,24-;/m0./s1. The molecule has 3 aliphatic rings. The van der Waals surface area contributed by atoms with Crippen LogP contribution in [0.1, 0.15) is 55.8 Å². The van der Waals surface area contributed by atoms with E-state index in [4.69, 9.17) is 9.47 Å². The zero-order chi connectivity index (χ0) is 18.9. The van der Waals surface area contributed by atoms with Crippen molar-refractivity contribution in [2.45, 2.75) is 57.3 Å². The molecule has 2 heterocycles. The molecular weight excluding hydrogens is 389 g/mol. The molecule has 1 aliphatic carbocycles. The van der Waals surface area contributed by atoms with E-state index in [0.717, 1.165) is 30.3 Å². The molecule has 5 rings (SSSR count). The van der Waals surface area contributed by atoms with Crippen LogP contribution in [0.3, 0.4) is 0 Å². The van der Waals surface area contributed by atoms with Crippen LogP contribution in [0, 0.1) is 17.7 Å². The summed E-state index contributed by atoms with van der Waals surface area (Å²) in [7, 11) is 0. The molecular formula is C24H29ClFNO2. The lowest BCUT2D eigenvalue weighted by atomic mass is 9.73. The molecule has 5 heteroatoms. The van der Waals surface area contributed by atoms with Gasteiger partial charge in [-0.1, -0.05) is 31.4 Å². The molecule has 0 amide bonds. The van der Waals surface area contributed by atoms with Crippen LogP contribution < -0.4 is 10.1 Å². The fraction of sp³-hybridized carbons (Fsp3) is 0.500. The number of hydrogen-bond acceptors (Lipinski definition) is 3. The van der Waals surface area contributed by atoms with Gasteiger partial charge in [0.25, 0.3) is 0 Å². The van der Waals surface area contributed by atoms with E-state index in [-0.39, 0.29) is 24.3 Å². The van der Waals surface area contributed by atoms with Crippen LogP contribution in [0.5, 0.6) is 5.75 Å². The van der Waals surface area contributed by atoms with E-state index in [0.29, 0.717) is 18.6 Å². The van der Waals surface area contributed by atoms with Gasteiger partial charge < -0.3 is 14.8 Å². The van der Waals surface area contributed by atoms with E-state index in [1.165, 1.54) is 55.5 Å². The Bertz CT molecular complexity index is 822. The molecule has 0 unspecified atom stereocenters. The number of ether oxygens (including phenoxy) is 2. The Morgan fingerprint density at radius 3 is 2.59 bits per heavy atom. The Hall–Kier alpha value is -1.78. The lowest BCUT2D eigenvalue weighted by molar-refractivity contribution is 0.0729. The van der Waals surface area contributed by atoms with Crippen molar-refractivity contribution in [3.05, 3.63) is 59.4 Å². The van der Waals surface area contributed by atoms with Crippen molar-refractivity contribution in [3.63, 3.8) is 0 Å². The first kappa shape index (κ1) is 20.5. The summed E-state index contributed by atoms with van der Waals surface area (Å²) in [5.41, 5.74) is 3.39. The molecule has 0 spiro atoms. The van der Waals surface area contributed by atoms with Crippen molar-refractivity contribution >= 4 is 18.1 Å². The summed E-state index contributed by atoms with van der Waals surface area (Å²) in [6.07, 6.45) is 8.12. The van der Waals surface area contributed by atoms with Crippen LogP contribution in [0.15, 0.2) is 42.5 Å². The molecule has 2 aromatic carbocycles. The van der Waals surface area contributed by atoms with Gasteiger partial charge in [-0.3, -0.25) is 0 Å². The third-order valence-electron chi connectivity index (χ3n) is 6.73. The van der Waals surface area contributed by atoms with Gasteiger partial charge >= 0.3 is 0 Å². The largest absolute Gasteiger partial charge is 0.489 e. The van der Waals surface area contributed by atoms with Gasteiger partial charge in [0.15, 0.2) is 0 Å². The molecule has 0 radical (unpaired) electrons. The molecule has 1 saturated heterocycles. The van der Waals surface area contributed by atoms with Gasteiger partial charge in [0, 0.05) is 29.8 Å². The van der Waals surface area contributed by atoms with Gasteiger partial charge in [-0.05, 0) is 61.1 Å². The second kappa shape index (κ2) is 8.93. The van der Waals surface area contributed by atoms with E-state index in [1.54, 1.807) is 12.1 Å². The van der Waals surface area contributed by atoms with E-state index >= 15 is 0 Å². The minimum atomic E-state index is -0.222. The summed E-state index contributed by atoms with van der Waals surface area (Å²) in [5, 5.41) is 3.87. The predicted molar refractivity (Wildman–Crippen MR) is 115 cm³/mol. The summed E-state index contributed by atoms with van der Waals surface area (Å²) in [4.78, 5) is 0. The Morgan fingerprint density at radius 1 is 1.00 bits per heavy atom. The maximum absolute atomic E-state index is 13.1. The van der Waals surface area contributed by atoms with E-state index in [2.05, 4.69) is 17.4 Å². The van der Waals surface area contributed by atoms with Crippen LogP contribution in [-0.4, -0.2) is 12.6 Å². The molecule has 0 bridgehead atoms. The Balaban J connectivity index is 0.00000205. The first-order valence-electron chi connectivity index (χ1n) is 10.7. The second-order valence-electron chi connectivity index (χ2n) is 8.48. The minimum absolute atomic E-state index is 0. The second-order valence-corrected chi connectivity index (χ2v) is 8.48. The summed E-state index contributed by atoms with van der Waals surface area (Å²) in [6, 6.07) is 13.3. The number of nitrogens with one attached hydrogen (secondary N) is 1. The number of halogens is 2. The third-order valence-corrected chi connectivity index (χ3v) is 6.73. The van der Waals surface area contributed by atoms with Crippen molar-refractivity contribution in [2.75, 3.05) is 11.9 Å². The highest BCUT2D eigenvalue weighted by molar-refractivity contribution is 5.85. The molecule has 2 aliphatic heterocycles. The summed E-state index contributed by atoms with van der Waals surface area (Å²) < 4.78 is 25.2. The lowest BCUT2D eigenvalue weighted by Crippen LogP contribution is -2.42. The van der Waals surface area contributed by atoms with Gasteiger partial charge in [-0.2, -0.15) is 0 Å². The van der Waals surface area contributed by atoms with Crippen molar-refractivity contribution in [1.82, 2.24) is 0 Å². The SMILES string of the molecule is Cl.Fc1ccc(COc2ccc3c(c2)[C@H]2OCC[C@H]2[C@@H](C2CCCCC2)N3)cc1. The third kappa shape index (κ3) is 4.24. The fourth-order valence-electron chi connectivity index (χ4n) is 5.29. The molecule has 0 aromatic heterocycles. The molecule has 3 nitrogen and oxygen atoms in total. The van der Waals surface area contributed by atoms with Crippen LogP contribution in [0.4, 0.5) is 10.1 Å². The maximum Gasteiger partial charge on any atom is 0.123 e. The Kier molecular flexibility index (Phi) is 6.31. The van der Waals surface area contributed by atoms with E-state index in [9.17, 15) is 4.39 Å². The van der Waals surface area contributed by atoms with Gasteiger partial charge in [-0.25, -0.2) is 4.39 Å². The number of hydrogen-bond donors (Lipinski definition) is 1. The van der Waals surface area contributed by atoms with Crippen molar-refractivity contribution in [2.24, 2.45) is 11.8 Å². The van der Waals surface area contributed by atoms with E-state index in [1.807, 2.05) is 6.07 Å². The normalized spacial score (nSPS) is 26.0. The van der Waals surface area contributed by atoms with Crippen LogP contribution in [-0.2, 0) is 11.3 Å². The van der Waals surface area contributed by atoms with Crippen molar-refractivity contribution in [1.29, 1.82) is 0 Å². The summed E-state index contributed by atoms with van der Waals surface area (Å²) >= 11 is 0. The Morgan fingerprint density at radius 2 is 1.79 bits per heavy atom. The number of benzene rings is 2. The van der Waals surface area contributed by atoms with Crippen LogP contribution >= 0.6 is 12.4 Å². The van der Waals surface area contributed by atoms with Crippen molar-refractivity contribution in [3.8, 4) is 5.75 Å². The highest BCUT2D eigenvalue weighted by atomic mass is 35.5.